The second-order valence-corrected chi connectivity index (χ2v) is 19.8. The number of phosphoric ester groups is 1. The Hall–Kier alpha value is -0.920. The molecule has 0 amide bonds. The lowest BCUT2D eigenvalue weighted by Gasteiger charge is -2.41. The van der Waals surface area contributed by atoms with Gasteiger partial charge in [-0.15, -0.1) is 0 Å². The Kier molecular flexibility index (Phi) is 39.4. The molecule has 0 spiro atoms. The predicted molar refractivity (Wildman–Crippen MR) is 253 cm³/mol. The van der Waals surface area contributed by atoms with Gasteiger partial charge in [0.2, 0.25) is 0 Å². The van der Waals surface area contributed by atoms with Gasteiger partial charge in [-0.05, 0) is 38.5 Å². The topological polar surface area (TPSA) is 192 Å². The molecular formula is C50H97O12P. The molecule has 0 radical (unpaired) electrons. The fraction of sp³-hybridized carbons (Fsp3) is 0.940. The highest BCUT2D eigenvalue weighted by Crippen LogP contribution is 2.47. The number of hydrogen-bond donors (Lipinski definition) is 6. The van der Waals surface area contributed by atoms with E-state index in [4.69, 9.17) is 18.5 Å². The van der Waals surface area contributed by atoms with Crippen molar-refractivity contribution in [1.29, 1.82) is 0 Å². The van der Waals surface area contributed by atoms with Gasteiger partial charge in [0.1, 0.15) is 42.7 Å². The molecule has 6 atom stereocenters. The highest BCUT2D eigenvalue weighted by molar-refractivity contribution is 7.47. The van der Waals surface area contributed by atoms with Gasteiger partial charge in [-0.2, -0.15) is 0 Å². The fourth-order valence-electron chi connectivity index (χ4n) is 8.23. The first-order valence-corrected chi connectivity index (χ1v) is 27.5. The molecule has 1 aliphatic rings. The van der Waals surface area contributed by atoms with E-state index in [0.29, 0.717) is 13.0 Å². The van der Waals surface area contributed by atoms with Gasteiger partial charge < -0.3 is 39.9 Å². The van der Waals surface area contributed by atoms with E-state index in [0.717, 1.165) is 38.5 Å². The molecular weight excluding hydrogens is 824 g/mol. The van der Waals surface area contributed by atoms with Gasteiger partial charge in [-0.1, -0.05) is 206 Å². The van der Waals surface area contributed by atoms with Crippen molar-refractivity contribution >= 4 is 13.8 Å². The van der Waals surface area contributed by atoms with Gasteiger partial charge in [0.25, 0.3) is 0 Å². The largest absolute Gasteiger partial charge is 0.472 e. The fourth-order valence-corrected chi connectivity index (χ4v) is 9.21. The van der Waals surface area contributed by atoms with Crippen molar-refractivity contribution in [2.75, 3.05) is 19.8 Å². The summed E-state index contributed by atoms with van der Waals surface area (Å²) in [5, 5.41) is 50.3. The van der Waals surface area contributed by atoms with E-state index in [-0.39, 0.29) is 13.0 Å². The van der Waals surface area contributed by atoms with Crippen molar-refractivity contribution in [1.82, 2.24) is 0 Å². The molecule has 0 aromatic rings. The van der Waals surface area contributed by atoms with Crippen LogP contribution in [0.5, 0.6) is 0 Å². The Bertz CT molecular complexity index is 1100. The van der Waals surface area contributed by atoms with Crippen LogP contribution in [0.25, 0.3) is 0 Å². The second-order valence-electron chi connectivity index (χ2n) is 18.4. The lowest BCUT2D eigenvalue weighted by molar-refractivity contribution is -0.220. The maximum atomic E-state index is 12.8. The minimum Gasteiger partial charge on any atom is -0.457 e. The van der Waals surface area contributed by atoms with E-state index in [1.54, 1.807) is 0 Å². The number of aliphatic hydroxyl groups excluding tert-OH is 5. The van der Waals surface area contributed by atoms with Crippen molar-refractivity contribution in [2.45, 2.75) is 281 Å². The molecule has 0 bridgehead atoms. The number of allylic oxidation sites excluding steroid dienone is 2. The lowest BCUT2D eigenvalue weighted by atomic mass is 9.85. The van der Waals surface area contributed by atoms with Crippen LogP contribution in [0.3, 0.4) is 0 Å². The maximum absolute atomic E-state index is 12.8. The van der Waals surface area contributed by atoms with Crippen molar-refractivity contribution in [3.63, 3.8) is 0 Å². The van der Waals surface area contributed by atoms with E-state index < -0.39 is 63.1 Å². The summed E-state index contributed by atoms with van der Waals surface area (Å²) >= 11 is 0. The van der Waals surface area contributed by atoms with Gasteiger partial charge >= 0.3 is 13.8 Å². The van der Waals surface area contributed by atoms with Crippen LogP contribution in [0.4, 0.5) is 0 Å². The Morgan fingerprint density at radius 1 is 0.492 bits per heavy atom. The monoisotopic (exact) mass is 921 g/mol. The molecule has 63 heavy (non-hydrogen) atoms. The molecule has 1 fully saturated rings. The molecule has 0 aliphatic heterocycles. The van der Waals surface area contributed by atoms with Gasteiger partial charge in [0.05, 0.1) is 13.2 Å². The number of hydrogen-bond acceptors (Lipinski definition) is 11. The minimum atomic E-state index is -5.02. The van der Waals surface area contributed by atoms with Crippen molar-refractivity contribution in [3.8, 4) is 0 Å². The van der Waals surface area contributed by atoms with Crippen LogP contribution in [0.2, 0.25) is 0 Å². The molecule has 6 N–H and O–H groups in total. The summed E-state index contributed by atoms with van der Waals surface area (Å²) in [5.41, 5.74) is 0. The highest BCUT2D eigenvalue weighted by Gasteiger charge is 2.51. The highest BCUT2D eigenvalue weighted by atomic mass is 31.2. The van der Waals surface area contributed by atoms with Crippen LogP contribution < -0.4 is 0 Å². The van der Waals surface area contributed by atoms with Gasteiger partial charge in [0.15, 0.2) is 0 Å². The Balaban J connectivity index is 2.30. The molecule has 1 rings (SSSR count). The normalized spacial score (nSPS) is 21.8. The number of esters is 1. The van der Waals surface area contributed by atoms with Crippen molar-refractivity contribution in [3.05, 3.63) is 12.2 Å². The van der Waals surface area contributed by atoms with E-state index in [1.165, 1.54) is 173 Å². The number of carbonyl (C=O) groups excluding carboxylic acids is 1. The standard InChI is InChI=1S/C50H97O12P/c1-3-5-7-9-11-13-15-17-19-20-21-22-23-24-25-26-28-30-32-34-36-38-40-59-41-43(42-60-63(57,58)62-50-48(55)46(53)45(52)47(54)49(50)56)61-44(51)39-37-35-33-31-29-27-18-16-14-12-10-8-6-4-2/h20-21,43,45-50,52-56H,3-19,22-42H2,1-2H3,(H,57,58)/b21-20-. The number of ether oxygens (including phenoxy) is 2. The average Bonchev–Trinajstić information content (AvgIpc) is 3.27. The predicted octanol–water partition coefficient (Wildman–Crippen LogP) is 11.5. The molecule has 1 saturated carbocycles. The smallest absolute Gasteiger partial charge is 0.457 e. The second kappa shape index (κ2) is 41.3. The number of aliphatic hydroxyl groups is 5. The molecule has 0 saturated heterocycles. The van der Waals surface area contributed by atoms with E-state index in [1.807, 2.05) is 0 Å². The van der Waals surface area contributed by atoms with Crippen LogP contribution in [0, 0.1) is 0 Å². The van der Waals surface area contributed by atoms with Gasteiger partial charge in [0, 0.05) is 13.0 Å². The van der Waals surface area contributed by atoms with Crippen LogP contribution in [0.1, 0.15) is 239 Å². The Morgan fingerprint density at radius 2 is 0.841 bits per heavy atom. The Morgan fingerprint density at radius 3 is 1.25 bits per heavy atom. The number of phosphoric acid groups is 1. The number of rotatable bonds is 45. The molecule has 6 unspecified atom stereocenters. The summed E-state index contributed by atoms with van der Waals surface area (Å²) in [4.78, 5) is 23.2. The average molecular weight is 921 g/mol. The first-order valence-electron chi connectivity index (χ1n) is 26.0. The third-order valence-electron chi connectivity index (χ3n) is 12.4. The quantitative estimate of drug-likeness (QED) is 0.0147. The molecule has 12 nitrogen and oxygen atoms in total. The summed E-state index contributed by atoms with van der Waals surface area (Å²) in [6.07, 6.45) is 34.2. The molecule has 0 aromatic heterocycles. The molecule has 1 aliphatic carbocycles. The van der Waals surface area contributed by atoms with Crippen molar-refractivity contribution in [2.24, 2.45) is 0 Å². The Labute approximate surface area is 384 Å². The zero-order valence-corrected chi connectivity index (χ0v) is 41.0. The molecule has 13 heteroatoms. The third kappa shape index (κ3) is 33.2. The third-order valence-corrected chi connectivity index (χ3v) is 13.4. The summed E-state index contributed by atoms with van der Waals surface area (Å²) in [5.74, 6) is -0.473. The zero-order valence-electron chi connectivity index (χ0n) is 40.1. The SMILES string of the molecule is CCCCCCCCCC/C=C\CCCCCCCCCCCCOCC(COP(=O)(O)OC1C(O)C(O)C(O)C(O)C1O)OC(=O)CCCCCCCCCCCCCCCC. The molecule has 0 heterocycles. The number of unbranched alkanes of at least 4 members (excludes halogenated alkanes) is 31. The van der Waals surface area contributed by atoms with Gasteiger partial charge in [-0.25, -0.2) is 4.57 Å². The molecule has 374 valence electrons. The van der Waals surface area contributed by atoms with E-state index >= 15 is 0 Å². The van der Waals surface area contributed by atoms with Crippen LogP contribution in [-0.2, 0) is 27.9 Å². The van der Waals surface area contributed by atoms with Crippen molar-refractivity contribution < 1.29 is 58.3 Å². The zero-order chi connectivity index (χ0) is 46.2. The summed E-state index contributed by atoms with van der Waals surface area (Å²) in [7, 11) is -5.02. The first-order chi connectivity index (χ1) is 30.5. The van der Waals surface area contributed by atoms with Crippen LogP contribution >= 0.6 is 7.82 Å². The maximum Gasteiger partial charge on any atom is 0.472 e. The van der Waals surface area contributed by atoms with Gasteiger partial charge in [-0.3, -0.25) is 13.8 Å². The minimum absolute atomic E-state index is 0.0716. The summed E-state index contributed by atoms with van der Waals surface area (Å²) < 4.78 is 34.3. The lowest BCUT2D eigenvalue weighted by Crippen LogP contribution is -2.64. The number of carbonyl (C=O) groups is 1. The van der Waals surface area contributed by atoms with Crippen LogP contribution in [0.15, 0.2) is 12.2 Å². The molecule has 0 aromatic carbocycles. The van der Waals surface area contributed by atoms with E-state index in [9.17, 15) is 39.8 Å². The first kappa shape index (κ1) is 60.1. The van der Waals surface area contributed by atoms with Crippen LogP contribution in [-0.4, -0.2) is 98.9 Å². The van der Waals surface area contributed by atoms with E-state index in [2.05, 4.69) is 26.0 Å². The summed E-state index contributed by atoms with van der Waals surface area (Å²) in [6.45, 7) is 4.29. The summed E-state index contributed by atoms with van der Waals surface area (Å²) in [6, 6.07) is 0.